The van der Waals surface area contributed by atoms with Crippen LogP contribution in [0.2, 0.25) is 0 Å². The van der Waals surface area contributed by atoms with Gasteiger partial charge in [-0.05, 0) is 41.2 Å². The fraction of sp³-hybridized carbons (Fsp3) is 0.412. The van der Waals surface area contributed by atoms with E-state index in [1.807, 2.05) is 18.2 Å². The number of hydrogen-bond donors (Lipinski definition) is 1. The lowest BCUT2D eigenvalue weighted by Gasteiger charge is -2.32. The van der Waals surface area contributed by atoms with Crippen molar-refractivity contribution < 1.29 is 8.78 Å². The molecule has 1 fully saturated rings. The fourth-order valence-electron chi connectivity index (χ4n) is 3.11. The third-order valence-corrected chi connectivity index (χ3v) is 4.43. The summed E-state index contributed by atoms with van der Waals surface area (Å²) in [5.41, 5.74) is 7.36. The monoisotopic (exact) mass is 275 g/mol. The summed E-state index contributed by atoms with van der Waals surface area (Å²) in [6.07, 6.45) is 0.972. The summed E-state index contributed by atoms with van der Waals surface area (Å²) in [6, 6.07) is 14.2. The first-order valence-corrected chi connectivity index (χ1v) is 7.17. The summed E-state index contributed by atoms with van der Waals surface area (Å²) >= 11 is 0. The van der Waals surface area contributed by atoms with Gasteiger partial charge in [0, 0.05) is 18.9 Å². The molecular formula is C17H19F2N. The van der Waals surface area contributed by atoms with Crippen LogP contribution >= 0.6 is 0 Å². The van der Waals surface area contributed by atoms with Crippen molar-refractivity contribution in [2.24, 2.45) is 11.7 Å². The van der Waals surface area contributed by atoms with Gasteiger partial charge in [0.05, 0.1) is 0 Å². The SMILES string of the molecule is NC(c1ccc2ccccc2c1)C1CCC(F)(F)CC1. The Hall–Kier alpha value is -1.48. The summed E-state index contributed by atoms with van der Waals surface area (Å²) in [6.45, 7) is 0. The van der Waals surface area contributed by atoms with Crippen LogP contribution in [-0.2, 0) is 0 Å². The quantitative estimate of drug-likeness (QED) is 0.847. The molecule has 2 N–H and O–H groups in total. The number of benzene rings is 2. The number of halogens is 2. The Morgan fingerprint density at radius 1 is 1.00 bits per heavy atom. The highest BCUT2D eigenvalue weighted by Gasteiger charge is 2.37. The van der Waals surface area contributed by atoms with Gasteiger partial charge in [-0.15, -0.1) is 0 Å². The second kappa shape index (κ2) is 5.13. The Morgan fingerprint density at radius 3 is 2.35 bits per heavy atom. The van der Waals surface area contributed by atoms with Crippen molar-refractivity contribution in [3.05, 3.63) is 48.0 Å². The zero-order valence-electron chi connectivity index (χ0n) is 11.4. The van der Waals surface area contributed by atoms with Gasteiger partial charge >= 0.3 is 0 Å². The molecule has 2 aromatic carbocycles. The van der Waals surface area contributed by atoms with Crippen molar-refractivity contribution in [2.45, 2.75) is 37.6 Å². The summed E-state index contributed by atoms with van der Waals surface area (Å²) in [7, 11) is 0. The molecule has 1 atom stereocenters. The maximum Gasteiger partial charge on any atom is 0.248 e. The third-order valence-electron chi connectivity index (χ3n) is 4.43. The second-order valence-corrected chi connectivity index (χ2v) is 5.83. The first kappa shape index (κ1) is 13.5. The average molecular weight is 275 g/mol. The molecule has 1 nitrogen and oxygen atoms in total. The highest BCUT2D eigenvalue weighted by molar-refractivity contribution is 5.83. The Balaban J connectivity index is 1.80. The van der Waals surface area contributed by atoms with E-state index in [1.165, 1.54) is 5.39 Å². The highest BCUT2D eigenvalue weighted by Crippen LogP contribution is 2.40. The van der Waals surface area contributed by atoms with Gasteiger partial charge in [0.1, 0.15) is 0 Å². The van der Waals surface area contributed by atoms with Gasteiger partial charge in [-0.25, -0.2) is 8.78 Å². The minimum absolute atomic E-state index is 0.0288. The predicted molar refractivity (Wildman–Crippen MR) is 77.8 cm³/mol. The topological polar surface area (TPSA) is 26.0 Å². The maximum atomic E-state index is 13.2. The minimum atomic E-state index is -2.49. The molecule has 0 bridgehead atoms. The van der Waals surface area contributed by atoms with Crippen molar-refractivity contribution in [3.8, 4) is 0 Å². The summed E-state index contributed by atoms with van der Waals surface area (Å²) in [4.78, 5) is 0. The van der Waals surface area contributed by atoms with Gasteiger partial charge in [0.15, 0.2) is 0 Å². The highest BCUT2D eigenvalue weighted by atomic mass is 19.3. The lowest BCUT2D eigenvalue weighted by molar-refractivity contribution is -0.0483. The number of alkyl halides is 2. The lowest BCUT2D eigenvalue weighted by Crippen LogP contribution is -2.30. The Bertz CT molecular complexity index is 599. The molecule has 3 rings (SSSR count). The summed E-state index contributed by atoms with van der Waals surface area (Å²) in [5, 5.41) is 2.33. The smallest absolute Gasteiger partial charge is 0.248 e. The Morgan fingerprint density at radius 2 is 1.65 bits per heavy atom. The van der Waals surface area contributed by atoms with E-state index < -0.39 is 5.92 Å². The normalized spacial score (nSPS) is 20.9. The van der Waals surface area contributed by atoms with Crippen LogP contribution in [0, 0.1) is 5.92 Å². The molecule has 0 spiro atoms. The van der Waals surface area contributed by atoms with E-state index in [0.29, 0.717) is 12.8 Å². The van der Waals surface area contributed by atoms with E-state index in [1.54, 1.807) is 0 Å². The van der Waals surface area contributed by atoms with Gasteiger partial charge in [-0.1, -0.05) is 36.4 Å². The van der Waals surface area contributed by atoms with E-state index in [0.717, 1.165) is 10.9 Å². The van der Waals surface area contributed by atoms with Crippen LogP contribution in [-0.4, -0.2) is 5.92 Å². The molecule has 2 aromatic rings. The number of nitrogens with two attached hydrogens (primary N) is 1. The van der Waals surface area contributed by atoms with E-state index in [9.17, 15) is 8.78 Å². The molecule has 1 saturated carbocycles. The lowest BCUT2D eigenvalue weighted by atomic mass is 9.80. The van der Waals surface area contributed by atoms with E-state index in [4.69, 9.17) is 5.73 Å². The van der Waals surface area contributed by atoms with Crippen LogP contribution < -0.4 is 5.73 Å². The molecular weight excluding hydrogens is 256 g/mol. The predicted octanol–water partition coefficient (Wildman–Crippen LogP) is 4.67. The molecule has 106 valence electrons. The number of hydrogen-bond acceptors (Lipinski definition) is 1. The van der Waals surface area contributed by atoms with Gasteiger partial charge in [-0.3, -0.25) is 0 Å². The molecule has 1 aliphatic carbocycles. The van der Waals surface area contributed by atoms with Crippen molar-refractivity contribution >= 4 is 10.8 Å². The Kier molecular flexibility index (Phi) is 3.47. The maximum absolute atomic E-state index is 13.2. The van der Waals surface area contributed by atoms with E-state index in [-0.39, 0.29) is 24.8 Å². The summed E-state index contributed by atoms with van der Waals surface area (Å²) in [5.74, 6) is -2.32. The van der Waals surface area contributed by atoms with Crippen molar-refractivity contribution in [1.82, 2.24) is 0 Å². The van der Waals surface area contributed by atoms with Crippen LogP contribution in [0.25, 0.3) is 10.8 Å². The molecule has 0 heterocycles. The zero-order valence-corrected chi connectivity index (χ0v) is 11.4. The molecule has 3 heteroatoms. The average Bonchev–Trinajstić information content (AvgIpc) is 2.46. The number of fused-ring (bicyclic) bond motifs is 1. The van der Waals surface area contributed by atoms with Crippen LogP contribution in [0.3, 0.4) is 0 Å². The van der Waals surface area contributed by atoms with Crippen molar-refractivity contribution in [3.63, 3.8) is 0 Å². The van der Waals surface area contributed by atoms with Gasteiger partial charge in [-0.2, -0.15) is 0 Å². The van der Waals surface area contributed by atoms with Gasteiger partial charge < -0.3 is 5.73 Å². The molecule has 0 aromatic heterocycles. The minimum Gasteiger partial charge on any atom is -0.324 e. The fourth-order valence-corrected chi connectivity index (χ4v) is 3.11. The number of rotatable bonds is 2. The molecule has 0 aliphatic heterocycles. The zero-order chi connectivity index (χ0) is 14.2. The molecule has 0 saturated heterocycles. The molecule has 20 heavy (non-hydrogen) atoms. The van der Waals surface area contributed by atoms with Gasteiger partial charge in [0.25, 0.3) is 0 Å². The van der Waals surface area contributed by atoms with Gasteiger partial charge in [0.2, 0.25) is 5.92 Å². The first-order valence-electron chi connectivity index (χ1n) is 7.17. The standard InChI is InChI=1S/C17H19F2N/c18-17(19)9-7-13(8-10-17)16(20)15-6-5-12-3-1-2-4-14(12)11-15/h1-6,11,13,16H,7-10,20H2. The molecule has 1 aliphatic rings. The van der Waals surface area contributed by atoms with Crippen molar-refractivity contribution in [2.75, 3.05) is 0 Å². The largest absolute Gasteiger partial charge is 0.324 e. The van der Waals surface area contributed by atoms with Crippen LogP contribution in [0.4, 0.5) is 8.78 Å². The molecule has 1 unspecified atom stereocenters. The molecule has 0 radical (unpaired) electrons. The van der Waals surface area contributed by atoms with Crippen LogP contribution in [0.15, 0.2) is 42.5 Å². The van der Waals surface area contributed by atoms with E-state index >= 15 is 0 Å². The van der Waals surface area contributed by atoms with E-state index in [2.05, 4.69) is 24.3 Å². The van der Waals surface area contributed by atoms with Crippen LogP contribution in [0.5, 0.6) is 0 Å². The summed E-state index contributed by atoms with van der Waals surface area (Å²) < 4.78 is 26.4. The van der Waals surface area contributed by atoms with Crippen LogP contribution in [0.1, 0.15) is 37.3 Å². The first-order chi connectivity index (χ1) is 9.55. The third kappa shape index (κ3) is 2.68. The molecule has 0 amide bonds. The van der Waals surface area contributed by atoms with Crippen molar-refractivity contribution in [1.29, 1.82) is 0 Å². The second-order valence-electron chi connectivity index (χ2n) is 5.83. The Labute approximate surface area is 117 Å².